The minimum atomic E-state index is -5.34. The van der Waals surface area contributed by atoms with Gasteiger partial charge in [-0.05, 0) is 19.9 Å². The Bertz CT molecular complexity index is 476. The Kier molecular flexibility index (Phi) is 9.44. The molecule has 0 radical (unpaired) electrons. The molecule has 0 aromatic rings. The molecule has 164 valence electrons. The van der Waals surface area contributed by atoms with Crippen LogP contribution in [-0.2, 0) is 0 Å². The molecule has 0 saturated carbocycles. The molecule has 0 saturated heterocycles. The Morgan fingerprint density at radius 1 is 0.667 bits per heavy atom. The highest BCUT2D eigenvalue weighted by Gasteiger charge is 2.56. The molecule has 3 unspecified atom stereocenters. The van der Waals surface area contributed by atoms with Crippen molar-refractivity contribution in [3.63, 3.8) is 0 Å². The molecule has 0 N–H and O–H groups in total. The largest absolute Gasteiger partial charge is 0.425 e. The molecule has 0 spiro atoms. The summed E-state index contributed by atoms with van der Waals surface area (Å²) in [5.41, 5.74) is -7.77. The summed E-state index contributed by atoms with van der Waals surface area (Å²) in [4.78, 5) is 0. The molecule has 0 aromatic heterocycles. The van der Waals surface area contributed by atoms with Crippen molar-refractivity contribution >= 4 is 22.6 Å². The average molecular weight is 548 g/mol. The van der Waals surface area contributed by atoms with Gasteiger partial charge in [-0.25, -0.2) is 8.78 Å². The maximum atomic E-state index is 12.7. The first kappa shape index (κ1) is 28.7. The second-order valence-electron chi connectivity index (χ2n) is 5.36. The van der Waals surface area contributed by atoms with Crippen molar-refractivity contribution in [1.29, 1.82) is 0 Å². The van der Waals surface area contributed by atoms with Crippen LogP contribution < -0.4 is 0 Å². The van der Waals surface area contributed by atoms with Crippen molar-refractivity contribution in [2.24, 2.45) is 0 Å². The molecule has 0 aromatic carbocycles. The van der Waals surface area contributed by atoms with Crippen LogP contribution in [0.5, 0.6) is 0 Å². The van der Waals surface area contributed by atoms with Crippen molar-refractivity contribution in [2.45, 2.75) is 60.2 Å². The number of rotatable bonds is 3. The number of hydrogen-bond donors (Lipinski definition) is 0. The lowest BCUT2D eigenvalue weighted by Crippen LogP contribution is -2.42. The lowest BCUT2D eigenvalue weighted by molar-refractivity contribution is -0.232. The van der Waals surface area contributed by atoms with Gasteiger partial charge in [0.25, 0.3) is 0 Å². The fourth-order valence-corrected chi connectivity index (χ4v) is 1.74. The van der Waals surface area contributed by atoms with E-state index in [1.54, 1.807) is 0 Å². The van der Waals surface area contributed by atoms with Gasteiger partial charge in [0.2, 0.25) is 11.3 Å². The molecule has 0 aliphatic rings. The number of allylic oxidation sites excluding steroid dienone is 2. The summed E-state index contributed by atoms with van der Waals surface area (Å²) in [6, 6.07) is 0. The van der Waals surface area contributed by atoms with Crippen molar-refractivity contribution in [3.8, 4) is 0 Å². The second kappa shape index (κ2) is 8.88. The normalized spacial score (nSPS) is 19.7. The van der Waals surface area contributed by atoms with Gasteiger partial charge in [0.1, 0.15) is 3.92 Å². The van der Waals surface area contributed by atoms with E-state index in [1.807, 2.05) is 0 Å². The smallest absolute Gasteiger partial charge is 0.234 e. The lowest BCUT2D eigenvalue weighted by Gasteiger charge is -2.26. The highest BCUT2D eigenvalue weighted by molar-refractivity contribution is 14.1. The summed E-state index contributed by atoms with van der Waals surface area (Å²) in [6.07, 6.45) is -23.3. The van der Waals surface area contributed by atoms with E-state index in [1.165, 1.54) is 0 Å². The van der Waals surface area contributed by atoms with Crippen LogP contribution in [0.2, 0.25) is 0 Å². The minimum Gasteiger partial charge on any atom is -0.234 e. The van der Waals surface area contributed by atoms with E-state index in [9.17, 15) is 61.5 Å². The first-order valence-corrected chi connectivity index (χ1v) is 7.57. The molecule has 0 fully saturated rings. The van der Waals surface area contributed by atoms with Gasteiger partial charge < -0.3 is 0 Å². The SMILES string of the molecule is CC(F)(/C=C/C(F)(F)F)C(F)(F)F.CC(F)(CC(I)C(F)(F)F)C(F)(F)F. The predicted molar refractivity (Wildman–Crippen MR) is 74.8 cm³/mol. The van der Waals surface area contributed by atoms with Gasteiger partial charge in [-0.15, -0.1) is 0 Å². The maximum absolute atomic E-state index is 12.7. The molecular formula is C12H11F14I. The van der Waals surface area contributed by atoms with Crippen LogP contribution in [0.3, 0.4) is 0 Å². The van der Waals surface area contributed by atoms with E-state index in [0.29, 0.717) is 0 Å². The van der Waals surface area contributed by atoms with Gasteiger partial charge in [0, 0.05) is 12.5 Å². The fourth-order valence-electron chi connectivity index (χ4n) is 0.913. The van der Waals surface area contributed by atoms with Gasteiger partial charge in [0.15, 0.2) is 0 Å². The molecule has 0 heterocycles. The molecule has 27 heavy (non-hydrogen) atoms. The van der Waals surface area contributed by atoms with Gasteiger partial charge >= 0.3 is 24.7 Å². The van der Waals surface area contributed by atoms with Crippen LogP contribution in [0.1, 0.15) is 20.3 Å². The summed E-state index contributed by atoms with van der Waals surface area (Å²) >= 11 is 0.748. The van der Waals surface area contributed by atoms with Crippen LogP contribution in [-0.4, -0.2) is 40.0 Å². The van der Waals surface area contributed by atoms with Gasteiger partial charge in [0.05, 0.1) is 0 Å². The third kappa shape index (κ3) is 11.2. The van der Waals surface area contributed by atoms with Crippen molar-refractivity contribution < 1.29 is 61.5 Å². The number of halogens is 15. The monoisotopic (exact) mass is 548 g/mol. The topological polar surface area (TPSA) is 0 Å². The van der Waals surface area contributed by atoms with Crippen LogP contribution in [0, 0.1) is 0 Å². The molecule has 15 heteroatoms. The lowest BCUT2D eigenvalue weighted by atomic mass is 10.0. The van der Waals surface area contributed by atoms with E-state index < -0.39 is 58.5 Å². The quantitative estimate of drug-likeness (QED) is 0.149. The first-order valence-electron chi connectivity index (χ1n) is 6.33. The molecule has 0 bridgehead atoms. The van der Waals surface area contributed by atoms with Gasteiger partial charge in [-0.3, -0.25) is 0 Å². The summed E-state index contributed by atoms with van der Waals surface area (Å²) in [6.45, 7) is 0.111. The Balaban J connectivity index is 0. The Labute approximate surface area is 157 Å². The molecule has 0 rings (SSSR count). The zero-order chi connectivity index (χ0) is 22.7. The number of hydrogen-bond acceptors (Lipinski definition) is 0. The number of alkyl halides is 15. The Morgan fingerprint density at radius 2 is 1.04 bits per heavy atom. The third-order valence-electron chi connectivity index (χ3n) is 2.65. The van der Waals surface area contributed by atoms with E-state index in [0.717, 1.165) is 22.6 Å². The second-order valence-corrected chi connectivity index (χ2v) is 6.86. The van der Waals surface area contributed by atoms with Crippen LogP contribution in [0.25, 0.3) is 0 Å². The molecule has 0 aliphatic carbocycles. The predicted octanol–water partition coefficient (Wildman–Crippen LogP) is 7.43. The summed E-state index contributed by atoms with van der Waals surface area (Å²) in [5.74, 6) is 0. The molecular weight excluding hydrogens is 537 g/mol. The van der Waals surface area contributed by atoms with Crippen LogP contribution in [0.15, 0.2) is 12.2 Å². The molecule has 3 atom stereocenters. The van der Waals surface area contributed by atoms with Crippen LogP contribution >= 0.6 is 22.6 Å². The van der Waals surface area contributed by atoms with Crippen molar-refractivity contribution in [2.75, 3.05) is 0 Å². The van der Waals surface area contributed by atoms with Crippen molar-refractivity contribution in [3.05, 3.63) is 12.2 Å². The van der Waals surface area contributed by atoms with Gasteiger partial charge in [-0.2, -0.15) is 52.7 Å². The van der Waals surface area contributed by atoms with Crippen molar-refractivity contribution in [1.82, 2.24) is 0 Å². The molecule has 0 aliphatic heterocycles. The first-order chi connectivity index (χ1) is 11.3. The average Bonchev–Trinajstić information content (AvgIpc) is 2.32. The van der Waals surface area contributed by atoms with E-state index in [-0.39, 0.29) is 13.8 Å². The molecule has 0 nitrogen and oxygen atoms in total. The highest BCUT2D eigenvalue weighted by atomic mass is 127. The maximum Gasteiger partial charge on any atom is 0.425 e. The standard InChI is InChI=1S/C6H6F7I.C6H5F7/c1-4(7,6(11,12)13)2-3(14)5(8,9)10;1-4(7,6(11,12)13)2-3-5(8,9)10/h3H,2H2,1H3;2-3H,1H3/b;3-2+. The van der Waals surface area contributed by atoms with E-state index in [4.69, 9.17) is 0 Å². The Hall–Kier alpha value is -0.510. The van der Waals surface area contributed by atoms with Gasteiger partial charge in [-0.1, -0.05) is 22.6 Å². The molecule has 0 amide bonds. The zero-order valence-corrected chi connectivity index (χ0v) is 15.3. The Morgan fingerprint density at radius 3 is 1.26 bits per heavy atom. The minimum absolute atomic E-state index is 0.00917. The van der Waals surface area contributed by atoms with E-state index in [2.05, 4.69) is 0 Å². The fraction of sp³-hybridized carbons (Fsp3) is 0.833. The third-order valence-corrected chi connectivity index (χ3v) is 3.79. The summed E-state index contributed by atoms with van der Waals surface area (Å²) < 4.78 is 163. The zero-order valence-electron chi connectivity index (χ0n) is 13.1. The summed E-state index contributed by atoms with van der Waals surface area (Å²) in [5, 5.41) is 0. The highest BCUT2D eigenvalue weighted by Crippen LogP contribution is 2.42. The van der Waals surface area contributed by atoms with E-state index >= 15 is 0 Å². The van der Waals surface area contributed by atoms with Crippen LogP contribution in [0.4, 0.5) is 61.5 Å². The summed E-state index contributed by atoms with van der Waals surface area (Å²) in [7, 11) is 0.